The highest BCUT2D eigenvalue weighted by atomic mass is 15.2. The van der Waals surface area contributed by atoms with Crippen molar-refractivity contribution >= 4 is 5.82 Å². The lowest BCUT2D eigenvalue weighted by Gasteiger charge is -2.09. The molecule has 4 heteroatoms. The Hall–Kier alpha value is -2.38. The zero-order chi connectivity index (χ0) is 13.1. The first-order chi connectivity index (χ1) is 8.65. The second-order valence-corrected chi connectivity index (χ2v) is 4.17. The predicted molar refractivity (Wildman–Crippen MR) is 71.7 cm³/mol. The van der Waals surface area contributed by atoms with Crippen LogP contribution in [-0.4, -0.2) is 4.98 Å². The van der Waals surface area contributed by atoms with Crippen LogP contribution in [0, 0.1) is 25.2 Å². The van der Waals surface area contributed by atoms with E-state index in [4.69, 9.17) is 11.1 Å². The number of hydrazine groups is 1. The molecule has 0 radical (unpaired) electrons. The van der Waals surface area contributed by atoms with Crippen LogP contribution in [0.2, 0.25) is 0 Å². The molecule has 0 saturated heterocycles. The Kier molecular flexibility index (Phi) is 3.26. The van der Waals surface area contributed by atoms with Crippen LogP contribution in [0.3, 0.4) is 0 Å². The molecule has 2 rings (SSSR count). The normalized spacial score (nSPS) is 9.89. The standard InChI is InChI=1S/C14H14N4/c1-9-3-5-12(10(2)7-9)13-6-4-11(8-15)14(17-13)18-16/h3-7H,16H2,1-2H3,(H,17,18). The Balaban J connectivity index is 2.55. The molecule has 0 fully saturated rings. The molecule has 0 bridgehead atoms. The van der Waals surface area contributed by atoms with Crippen LogP contribution in [0.25, 0.3) is 11.3 Å². The van der Waals surface area contributed by atoms with Crippen LogP contribution in [0.4, 0.5) is 5.82 Å². The van der Waals surface area contributed by atoms with Gasteiger partial charge in [-0.05, 0) is 31.5 Å². The summed E-state index contributed by atoms with van der Waals surface area (Å²) >= 11 is 0. The van der Waals surface area contributed by atoms with E-state index >= 15 is 0 Å². The van der Waals surface area contributed by atoms with Crippen molar-refractivity contribution in [3.63, 3.8) is 0 Å². The summed E-state index contributed by atoms with van der Waals surface area (Å²) < 4.78 is 0. The van der Waals surface area contributed by atoms with Crippen molar-refractivity contribution in [2.24, 2.45) is 5.84 Å². The SMILES string of the molecule is Cc1ccc(-c2ccc(C#N)c(NN)n2)c(C)c1. The number of nitrogens with one attached hydrogen (secondary N) is 1. The average molecular weight is 238 g/mol. The van der Waals surface area contributed by atoms with Gasteiger partial charge in [-0.2, -0.15) is 5.26 Å². The number of nitrogens with two attached hydrogens (primary N) is 1. The topological polar surface area (TPSA) is 74.7 Å². The van der Waals surface area contributed by atoms with Crippen LogP contribution in [-0.2, 0) is 0 Å². The smallest absolute Gasteiger partial charge is 0.158 e. The maximum absolute atomic E-state index is 8.92. The van der Waals surface area contributed by atoms with Gasteiger partial charge in [0.25, 0.3) is 0 Å². The fourth-order valence-electron chi connectivity index (χ4n) is 1.91. The lowest BCUT2D eigenvalue weighted by atomic mass is 10.0. The summed E-state index contributed by atoms with van der Waals surface area (Å²) in [5.74, 6) is 5.77. The van der Waals surface area contributed by atoms with E-state index in [1.54, 1.807) is 6.07 Å². The van der Waals surface area contributed by atoms with Crippen molar-refractivity contribution in [1.82, 2.24) is 4.98 Å². The van der Waals surface area contributed by atoms with Crippen molar-refractivity contribution in [2.75, 3.05) is 5.43 Å². The molecule has 0 amide bonds. The molecule has 0 atom stereocenters. The van der Waals surface area contributed by atoms with Gasteiger partial charge in [0, 0.05) is 5.56 Å². The van der Waals surface area contributed by atoms with E-state index < -0.39 is 0 Å². The average Bonchev–Trinajstić information content (AvgIpc) is 2.38. The third-order valence-electron chi connectivity index (χ3n) is 2.81. The Bertz CT molecular complexity index is 626. The number of nitrogen functional groups attached to an aromatic ring is 1. The molecule has 3 N–H and O–H groups in total. The lowest BCUT2D eigenvalue weighted by Crippen LogP contribution is -2.10. The fourth-order valence-corrected chi connectivity index (χ4v) is 1.91. The molecule has 0 aliphatic carbocycles. The molecule has 1 aromatic carbocycles. The monoisotopic (exact) mass is 238 g/mol. The molecule has 0 saturated carbocycles. The van der Waals surface area contributed by atoms with Crippen LogP contribution in [0.1, 0.15) is 16.7 Å². The van der Waals surface area contributed by atoms with Gasteiger partial charge >= 0.3 is 0 Å². The molecule has 0 aliphatic rings. The van der Waals surface area contributed by atoms with Crippen LogP contribution in [0.5, 0.6) is 0 Å². The first-order valence-electron chi connectivity index (χ1n) is 5.61. The zero-order valence-corrected chi connectivity index (χ0v) is 10.4. The van der Waals surface area contributed by atoms with Crippen molar-refractivity contribution in [2.45, 2.75) is 13.8 Å². The minimum atomic E-state index is 0.398. The number of rotatable bonds is 2. The summed E-state index contributed by atoms with van der Waals surface area (Å²) in [4.78, 5) is 4.36. The molecule has 90 valence electrons. The molecule has 0 spiro atoms. The third kappa shape index (κ3) is 2.17. The molecule has 0 aliphatic heterocycles. The first-order valence-corrected chi connectivity index (χ1v) is 5.61. The number of nitriles is 1. The largest absolute Gasteiger partial charge is 0.307 e. The van der Waals surface area contributed by atoms with Crippen molar-refractivity contribution in [1.29, 1.82) is 5.26 Å². The number of benzene rings is 1. The van der Waals surface area contributed by atoms with E-state index in [0.717, 1.165) is 16.8 Å². The van der Waals surface area contributed by atoms with Crippen LogP contribution in [0.15, 0.2) is 30.3 Å². The van der Waals surface area contributed by atoms with Gasteiger partial charge in [0.2, 0.25) is 0 Å². The third-order valence-corrected chi connectivity index (χ3v) is 2.81. The van der Waals surface area contributed by atoms with E-state index in [0.29, 0.717) is 11.4 Å². The maximum Gasteiger partial charge on any atom is 0.158 e. The summed E-state index contributed by atoms with van der Waals surface area (Å²) in [6.07, 6.45) is 0. The Morgan fingerprint density at radius 1 is 1.22 bits per heavy atom. The Morgan fingerprint density at radius 3 is 2.61 bits per heavy atom. The molecular formula is C14H14N4. The summed E-state index contributed by atoms with van der Waals surface area (Å²) in [5, 5.41) is 8.92. The number of aryl methyl sites for hydroxylation is 2. The van der Waals surface area contributed by atoms with E-state index in [-0.39, 0.29) is 0 Å². The molecule has 4 nitrogen and oxygen atoms in total. The molecule has 1 aromatic heterocycles. The van der Waals surface area contributed by atoms with E-state index in [1.807, 2.05) is 31.2 Å². The highest BCUT2D eigenvalue weighted by Crippen LogP contribution is 2.24. The molecule has 18 heavy (non-hydrogen) atoms. The van der Waals surface area contributed by atoms with Gasteiger partial charge in [0.05, 0.1) is 11.3 Å². The predicted octanol–water partition coefficient (Wildman–Crippen LogP) is 2.52. The van der Waals surface area contributed by atoms with Gasteiger partial charge in [-0.3, -0.25) is 0 Å². The van der Waals surface area contributed by atoms with Gasteiger partial charge in [-0.1, -0.05) is 23.8 Å². The lowest BCUT2D eigenvalue weighted by molar-refractivity contribution is 1.21. The quantitative estimate of drug-likeness (QED) is 0.622. The summed E-state index contributed by atoms with van der Waals surface area (Å²) in [7, 11) is 0. The maximum atomic E-state index is 8.92. The highest BCUT2D eigenvalue weighted by Gasteiger charge is 2.07. The second-order valence-electron chi connectivity index (χ2n) is 4.17. The molecular weight excluding hydrogens is 224 g/mol. The number of aromatic nitrogens is 1. The number of pyridine rings is 1. The number of anilines is 1. The first kappa shape index (κ1) is 12.1. The molecule has 1 heterocycles. The summed E-state index contributed by atoms with van der Waals surface area (Å²) in [6, 6.07) is 11.8. The van der Waals surface area contributed by atoms with Crippen molar-refractivity contribution in [3.05, 3.63) is 47.0 Å². The Morgan fingerprint density at radius 2 is 2.00 bits per heavy atom. The molecule has 0 unspecified atom stereocenters. The Labute approximate surface area is 106 Å². The van der Waals surface area contributed by atoms with Crippen molar-refractivity contribution in [3.8, 4) is 17.3 Å². The van der Waals surface area contributed by atoms with Crippen molar-refractivity contribution < 1.29 is 0 Å². The second kappa shape index (κ2) is 4.86. The minimum absolute atomic E-state index is 0.398. The van der Waals surface area contributed by atoms with Gasteiger partial charge in [-0.15, -0.1) is 0 Å². The van der Waals surface area contributed by atoms with Crippen LogP contribution < -0.4 is 11.3 Å². The van der Waals surface area contributed by atoms with Gasteiger partial charge in [-0.25, -0.2) is 10.8 Å². The number of nitrogens with zero attached hydrogens (tertiary/aromatic N) is 2. The summed E-state index contributed by atoms with van der Waals surface area (Å²) in [5.41, 5.74) is 7.10. The summed E-state index contributed by atoms with van der Waals surface area (Å²) in [6.45, 7) is 4.09. The van der Waals surface area contributed by atoms with E-state index in [1.165, 1.54) is 5.56 Å². The van der Waals surface area contributed by atoms with E-state index in [9.17, 15) is 0 Å². The fraction of sp³-hybridized carbons (Fsp3) is 0.143. The van der Waals surface area contributed by atoms with Gasteiger partial charge in [0.15, 0.2) is 5.82 Å². The zero-order valence-electron chi connectivity index (χ0n) is 10.4. The highest BCUT2D eigenvalue weighted by molar-refractivity contribution is 5.67. The van der Waals surface area contributed by atoms with Gasteiger partial charge < -0.3 is 5.43 Å². The van der Waals surface area contributed by atoms with Gasteiger partial charge in [0.1, 0.15) is 6.07 Å². The minimum Gasteiger partial charge on any atom is -0.307 e. The van der Waals surface area contributed by atoms with E-state index in [2.05, 4.69) is 23.4 Å². The number of hydrogen-bond donors (Lipinski definition) is 2. The molecule has 2 aromatic rings. The number of hydrogen-bond acceptors (Lipinski definition) is 4. The van der Waals surface area contributed by atoms with Crippen LogP contribution >= 0.6 is 0 Å².